The van der Waals surface area contributed by atoms with E-state index in [0.717, 1.165) is 6.42 Å². The van der Waals surface area contributed by atoms with Crippen LogP contribution in [-0.4, -0.2) is 19.5 Å². The first-order valence-corrected chi connectivity index (χ1v) is 3.59. The van der Waals surface area contributed by atoms with Crippen LogP contribution < -0.4 is 0 Å². The molecule has 1 aliphatic carbocycles. The molecule has 1 unspecified atom stereocenters. The molecule has 0 aromatic carbocycles. The molecule has 0 aliphatic heterocycles. The topological polar surface area (TPSA) is 26.3 Å². The Balaban J connectivity index is 2.33. The van der Waals surface area contributed by atoms with Crippen molar-refractivity contribution in [2.45, 2.75) is 20.3 Å². The van der Waals surface area contributed by atoms with E-state index >= 15 is 0 Å². The van der Waals surface area contributed by atoms with Crippen LogP contribution in [0.1, 0.15) is 20.3 Å². The van der Waals surface area contributed by atoms with Crippen LogP contribution in [0.25, 0.3) is 0 Å². The van der Waals surface area contributed by atoms with Gasteiger partial charge in [0.2, 0.25) is 0 Å². The third kappa shape index (κ3) is 1.37. The van der Waals surface area contributed by atoms with Gasteiger partial charge in [0.1, 0.15) is 6.61 Å². The fourth-order valence-corrected chi connectivity index (χ4v) is 1.26. The summed E-state index contributed by atoms with van der Waals surface area (Å²) in [5, 5.41) is 0. The molecule has 2 nitrogen and oxygen atoms in total. The molecule has 0 bridgehead atoms. The summed E-state index contributed by atoms with van der Waals surface area (Å²) in [4.78, 5) is 11.1. The minimum atomic E-state index is 0.257. The summed E-state index contributed by atoms with van der Waals surface area (Å²) < 4.78 is 4.75. The number of ketones is 1. The van der Waals surface area contributed by atoms with Crippen molar-refractivity contribution >= 4 is 5.78 Å². The van der Waals surface area contributed by atoms with Crippen LogP contribution in [0, 0.1) is 11.3 Å². The number of methoxy groups -OCH3 is 1. The van der Waals surface area contributed by atoms with Crippen LogP contribution in [0.5, 0.6) is 0 Å². The molecule has 0 spiro atoms. The molecule has 58 valence electrons. The highest BCUT2D eigenvalue weighted by Gasteiger charge is 2.49. The maximum absolute atomic E-state index is 11.1. The van der Waals surface area contributed by atoms with E-state index in [2.05, 4.69) is 13.8 Å². The molecule has 0 N–H and O–H groups in total. The van der Waals surface area contributed by atoms with Crippen molar-refractivity contribution < 1.29 is 9.53 Å². The van der Waals surface area contributed by atoms with Gasteiger partial charge in [-0.1, -0.05) is 13.8 Å². The van der Waals surface area contributed by atoms with Crippen molar-refractivity contribution in [1.82, 2.24) is 0 Å². The van der Waals surface area contributed by atoms with Gasteiger partial charge in [-0.15, -0.1) is 0 Å². The van der Waals surface area contributed by atoms with E-state index in [1.54, 1.807) is 7.11 Å². The van der Waals surface area contributed by atoms with Crippen molar-refractivity contribution in [1.29, 1.82) is 0 Å². The Hall–Kier alpha value is -0.370. The van der Waals surface area contributed by atoms with E-state index < -0.39 is 0 Å². The second kappa shape index (κ2) is 2.35. The molecule has 1 aliphatic rings. The smallest absolute Gasteiger partial charge is 0.162 e. The van der Waals surface area contributed by atoms with E-state index in [4.69, 9.17) is 4.74 Å². The average Bonchev–Trinajstić information content (AvgIpc) is 2.41. The van der Waals surface area contributed by atoms with Gasteiger partial charge in [0.15, 0.2) is 5.78 Å². The maximum atomic E-state index is 11.1. The highest BCUT2D eigenvalue weighted by Crippen LogP contribution is 2.51. The summed E-state index contributed by atoms with van der Waals surface area (Å²) in [5.74, 6) is 0.528. The lowest BCUT2D eigenvalue weighted by Crippen LogP contribution is -2.11. The largest absolute Gasteiger partial charge is 0.377 e. The van der Waals surface area contributed by atoms with Crippen molar-refractivity contribution in [2.75, 3.05) is 13.7 Å². The fraction of sp³-hybridized carbons (Fsp3) is 0.875. The predicted molar refractivity (Wildman–Crippen MR) is 38.8 cm³/mol. The molecule has 0 aromatic heterocycles. The van der Waals surface area contributed by atoms with Gasteiger partial charge in [0, 0.05) is 13.0 Å². The lowest BCUT2D eigenvalue weighted by molar-refractivity contribution is -0.124. The Kier molecular flexibility index (Phi) is 1.82. The molecule has 1 saturated carbocycles. The number of hydrogen-bond acceptors (Lipinski definition) is 2. The normalized spacial score (nSPS) is 28.1. The average molecular weight is 142 g/mol. The van der Waals surface area contributed by atoms with Crippen LogP contribution in [0.4, 0.5) is 0 Å². The second-order valence-electron chi connectivity index (χ2n) is 3.64. The van der Waals surface area contributed by atoms with Gasteiger partial charge in [0.25, 0.3) is 0 Å². The zero-order valence-electron chi connectivity index (χ0n) is 6.81. The number of Topliss-reactive ketones (excluding diaryl/α,β-unsaturated/α-hetero) is 1. The molecule has 1 atom stereocenters. The van der Waals surface area contributed by atoms with E-state index in [-0.39, 0.29) is 23.7 Å². The molecule has 1 rings (SSSR count). The van der Waals surface area contributed by atoms with E-state index in [1.165, 1.54) is 0 Å². The molecule has 0 saturated heterocycles. The van der Waals surface area contributed by atoms with E-state index in [9.17, 15) is 4.79 Å². The Labute approximate surface area is 61.6 Å². The molecule has 0 heterocycles. The highest BCUT2D eigenvalue weighted by atomic mass is 16.5. The number of carbonyl (C=O) groups is 1. The Morgan fingerprint density at radius 3 is 2.50 bits per heavy atom. The lowest BCUT2D eigenvalue weighted by atomic mass is 10.1. The van der Waals surface area contributed by atoms with Gasteiger partial charge >= 0.3 is 0 Å². The molecule has 10 heavy (non-hydrogen) atoms. The zero-order valence-corrected chi connectivity index (χ0v) is 6.81. The van der Waals surface area contributed by atoms with Gasteiger partial charge in [0.05, 0.1) is 0 Å². The number of carbonyl (C=O) groups excluding carboxylic acids is 1. The number of hydrogen-bond donors (Lipinski definition) is 0. The van der Waals surface area contributed by atoms with Gasteiger partial charge in [-0.05, 0) is 11.8 Å². The first-order chi connectivity index (χ1) is 4.58. The Morgan fingerprint density at radius 2 is 2.20 bits per heavy atom. The van der Waals surface area contributed by atoms with Crippen LogP contribution in [0.2, 0.25) is 0 Å². The number of rotatable bonds is 3. The van der Waals surface area contributed by atoms with Gasteiger partial charge in [-0.25, -0.2) is 0 Å². The van der Waals surface area contributed by atoms with Crippen LogP contribution in [0.15, 0.2) is 0 Å². The second-order valence-corrected chi connectivity index (χ2v) is 3.64. The van der Waals surface area contributed by atoms with Crippen molar-refractivity contribution in [3.63, 3.8) is 0 Å². The molecule has 0 amide bonds. The number of ether oxygens (including phenoxy) is 1. The van der Waals surface area contributed by atoms with Crippen LogP contribution in [-0.2, 0) is 9.53 Å². The minimum Gasteiger partial charge on any atom is -0.377 e. The Morgan fingerprint density at radius 1 is 1.70 bits per heavy atom. The summed E-state index contributed by atoms with van der Waals surface area (Å²) in [6.07, 6.45) is 1.04. The quantitative estimate of drug-likeness (QED) is 0.592. The standard InChI is InChI=1S/C8H14O2/c1-8(2)4-6(8)7(9)5-10-3/h6H,4-5H2,1-3H3. The SMILES string of the molecule is COCC(=O)C1CC1(C)C. The maximum Gasteiger partial charge on any atom is 0.162 e. The van der Waals surface area contributed by atoms with Crippen LogP contribution in [0.3, 0.4) is 0 Å². The van der Waals surface area contributed by atoms with E-state index in [1.807, 2.05) is 0 Å². The molecule has 0 aromatic rings. The molecule has 2 heteroatoms. The first-order valence-electron chi connectivity index (χ1n) is 3.59. The van der Waals surface area contributed by atoms with Gasteiger partial charge in [-0.2, -0.15) is 0 Å². The molecular weight excluding hydrogens is 128 g/mol. The zero-order chi connectivity index (χ0) is 7.78. The third-order valence-corrected chi connectivity index (χ3v) is 2.19. The molecular formula is C8H14O2. The molecule has 0 radical (unpaired) electrons. The van der Waals surface area contributed by atoms with Gasteiger partial charge in [-0.3, -0.25) is 4.79 Å². The summed E-state index contributed by atoms with van der Waals surface area (Å²) in [7, 11) is 1.56. The van der Waals surface area contributed by atoms with E-state index in [0.29, 0.717) is 0 Å². The first kappa shape index (κ1) is 7.73. The lowest BCUT2D eigenvalue weighted by Gasteiger charge is -2.00. The fourth-order valence-electron chi connectivity index (χ4n) is 1.26. The Bertz CT molecular complexity index is 149. The third-order valence-electron chi connectivity index (χ3n) is 2.19. The summed E-state index contributed by atoms with van der Waals surface area (Å²) in [6.45, 7) is 4.52. The van der Waals surface area contributed by atoms with Gasteiger partial charge < -0.3 is 4.74 Å². The van der Waals surface area contributed by atoms with Crippen LogP contribution >= 0.6 is 0 Å². The van der Waals surface area contributed by atoms with Crippen molar-refractivity contribution in [3.8, 4) is 0 Å². The molecule has 1 fully saturated rings. The van der Waals surface area contributed by atoms with Crippen molar-refractivity contribution in [2.24, 2.45) is 11.3 Å². The monoisotopic (exact) mass is 142 g/mol. The minimum absolute atomic E-state index is 0.257. The summed E-state index contributed by atoms with van der Waals surface area (Å²) in [6, 6.07) is 0. The highest BCUT2D eigenvalue weighted by molar-refractivity contribution is 5.85. The summed E-state index contributed by atoms with van der Waals surface area (Å²) >= 11 is 0. The predicted octanol–water partition coefficient (Wildman–Crippen LogP) is 1.25. The summed E-state index contributed by atoms with van der Waals surface area (Å²) in [5.41, 5.74) is 0.260. The van der Waals surface area contributed by atoms with Crippen molar-refractivity contribution in [3.05, 3.63) is 0 Å².